The SMILES string of the molecule is CC(CCO)NC1=NCCCN1C. The molecule has 0 saturated carbocycles. The van der Waals surface area contributed by atoms with Crippen molar-refractivity contribution in [2.24, 2.45) is 4.99 Å². The molecule has 0 saturated heterocycles. The van der Waals surface area contributed by atoms with E-state index >= 15 is 0 Å². The Morgan fingerprint density at radius 3 is 3.08 bits per heavy atom. The number of aliphatic imine (C=N–C) groups is 1. The van der Waals surface area contributed by atoms with Gasteiger partial charge in [-0.15, -0.1) is 0 Å². The Labute approximate surface area is 79.7 Å². The van der Waals surface area contributed by atoms with Gasteiger partial charge in [0.1, 0.15) is 0 Å². The predicted molar refractivity (Wildman–Crippen MR) is 53.8 cm³/mol. The summed E-state index contributed by atoms with van der Waals surface area (Å²) in [5.74, 6) is 0.965. The maximum Gasteiger partial charge on any atom is 0.193 e. The van der Waals surface area contributed by atoms with Crippen molar-refractivity contribution in [1.29, 1.82) is 0 Å². The van der Waals surface area contributed by atoms with E-state index in [1.54, 1.807) is 0 Å². The van der Waals surface area contributed by atoms with Gasteiger partial charge in [0.2, 0.25) is 0 Å². The van der Waals surface area contributed by atoms with Crippen LogP contribution < -0.4 is 5.32 Å². The number of rotatable bonds is 3. The molecule has 1 heterocycles. The van der Waals surface area contributed by atoms with Crippen molar-refractivity contribution < 1.29 is 5.11 Å². The first-order chi connectivity index (χ1) is 6.24. The third-order valence-electron chi connectivity index (χ3n) is 2.21. The maximum absolute atomic E-state index is 8.74. The van der Waals surface area contributed by atoms with Crippen molar-refractivity contribution in [1.82, 2.24) is 10.2 Å². The summed E-state index contributed by atoms with van der Waals surface area (Å²) in [5, 5.41) is 12.0. The highest BCUT2D eigenvalue weighted by Gasteiger charge is 2.12. The fourth-order valence-corrected chi connectivity index (χ4v) is 1.36. The number of aliphatic hydroxyl groups excluding tert-OH is 1. The molecule has 0 fully saturated rings. The molecule has 0 aromatic heterocycles. The van der Waals surface area contributed by atoms with Crippen LogP contribution >= 0.6 is 0 Å². The zero-order valence-electron chi connectivity index (χ0n) is 8.45. The molecule has 0 aromatic rings. The van der Waals surface area contributed by atoms with Crippen LogP contribution in [-0.4, -0.2) is 48.8 Å². The van der Waals surface area contributed by atoms with Gasteiger partial charge in [-0.2, -0.15) is 0 Å². The minimum atomic E-state index is 0.227. The summed E-state index contributed by atoms with van der Waals surface area (Å²) in [6, 6.07) is 0.296. The van der Waals surface area contributed by atoms with Crippen LogP contribution in [0, 0.1) is 0 Å². The van der Waals surface area contributed by atoms with Crippen LogP contribution in [0.5, 0.6) is 0 Å². The number of nitrogens with one attached hydrogen (secondary N) is 1. The molecule has 0 aromatic carbocycles. The number of guanidine groups is 1. The second-order valence-corrected chi connectivity index (χ2v) is 3.54. The average Bonchev–Trinajstić information content (AvgIpc) is 2.09. The molecule has 0 aliphatic carbocycles. The van der Waals surface area contributed by atoms with E-state index in [0.717, 1.165) is 31.9 Å². The van der Waals surface area contributed by atoms with Crippen LogP contribution in [0.1, 0.15) is 19.8 Å². The van der Waals surface area contributed by atoms with Gasteiger partial charge in [-0.1, -0.05) is 0 Å². The van der Waals surface area contributed by atoms with Gasteiger partial charge >= 0.3 is 0 Å². The number of aliphatic hydroxyl groups is 1. The topological polar surface area (TPSA) is 47.9 Å². The summed E-state index contributed by atoms with van der Waals surface area (Å²) in [6.07, 6.45) is 1.91. The first-order valence-electron chi connectivity index (χ1n) is 4.87. The molecular weight excluding hydrogens is 166 g/mol. The molecule has 4 heteroatoms. The zero-order valence-corrected chi connectivity index (χ0v) is 8.45. The van der Waals surface area contributed by atoms with Crippen LogP contribution in [0.25, 0.3) is 0 Å². The van der Waals surface area contributed by atoms with Gasteiger partial charge in [0, 0.05) is 32.8 Å². The van der Waals surface area contributed by atoms with Gasteiger partial charge in [-0.25, -0.2) is 0 Å². The lowest BCUT2D eigenvalue weighted by atomic mass is 10.2. The Kier molecular flexibility index (Phi) is 4.02. The van der Waals surface area contributed by atoms with E-state index < -0.39 is 0 Å². The first-order valence-corrected chi connectivity index (χ1v) is 4.87. The Bertz CT molecular complexity index is 182. The molecule has 2 N–H and O–H groups in total. The van der Waals surface area contributed by atoms with E-state index in [9.17, 15) is 0 Å². The van der Waals surface area contributed by atoms with Crippen molar-refractivity contribution in [2.75, 3.05) is 26.7 Å². The molecule has 13 heavy (non-hydrogen) atoms. The standard InChI is InChI=1S/C9H19N3O/c1-8(4-7-13)11-9-10-5-3-6-12(9)2/h8,13H,3-7H2,1-2H3,(H,10,11). The van der Waals surface area contributed by atoms with E-state index in [-0.39, 0.29) is 6.61 Å². The van der Waals surface area contributed by atoms with Gasteiger partial charge in [0.15, 0.2) is 5.96 Å². The highest BCUT2D eigenvalue weighted by Crippen LogP contribution is 1.99. The summed E-state index contributed by atoms with van der Waals surface area (Å²) >= 11 is 0. The van der Waals surface area contributed by atoms with Crippen LogP contribution in [-0.2, 0) is 0 Å². The summed E-state index contributed by atoms with van der Waals surface area (Å²) in [6.45, 7) is 4.27. The van der Waals surface area contributed by atoms with Crippen molar-refractivity contribution in [3.05, 3.63) is 0 Å². The zero-order chi connectivity index (χ0) is 9.68. The van der Waals surface area contributed by atoms with Crippen molar-refractivity contribution in [3.8, 4) is 0 Å². The molecule has 76 valence electrons. The van der Waals surface area contributed by atoms with Crippen LogP contribution in [0.4, 0.5) is 0 Å². The summed E-state index contributed by atoms with van der Waals surface area (Å²) < 4.78 is 0. The smallest absolute Gasteiger partial charge is 0.193 e. The van der Waals surface area contributed by atoms with Gasteiger partial charge < -0.3 is 15.3 Å². The number of hydrogen-bond donors (Lipinski definition) is 2. The van der Waals surface area contributed by atoms with Gasteiger partial charge in [-0.05, 0) is 19.8 Å². The third kappa shape index (κ3) is 3.22. The normalized spacial score (nSPS) is 19.6. The van der Waals surface area contributed by atoms with Crippen LogP contribution in [0.2, 0.25) is 0 Å². The molecule has 0 bridgehead atoms. The Balaban J connectivity index is 2.37. The van der Waals surface area contributed by atoms with E-state index in [4.69, 9.17) is 5.11 Å². The highest BCUT2D eigenvalue weighted by molar-refractivity contribution is 5.80. The molecule has 0 amide bonds. The Hall–Kier alpha value is -0.770. The third-order valence-corrected chi connectivity index (χ3v) is 2.21. The Morgan fingerprint density at radius 2 is 2.46 bits per heavy atom. The molecule has 1 unspecified atom stereocenters. The predicted octanol–water partition coefficient (Wildman–Crippen LogP) is 0.0384. The second-order valence-electron chi connectivity index (χ2n) is 3.54. The van der Waals surface area contributed by atoms with Gasteiger partial charge in [0.05, 0.1) is 0 Å². The molecule has 4 nitrogen and oxygen atoms in total. The Morgan fingerprint density at radius 1 is 1.69 bits per heavy atom. The lowest BCUT2D eigenvalue weighted by molar-refractivity contribution is 0.273. The minimum absolute atomic E-state index is 0.227. The van der Waals surface area contributed by atoms with Crippen molar-refractivity contribution in [2.45, 2.75) is 25.8 Å². The molecule has 1 aliphatic rings. The average molecular weight is 185 g/mol. The van der Waals surface area contributed by atoms with E-state index in [1.807, 2.05) is 7.05 Å². The van der Waals surface area contributed by atoms with Crippen molar-refractivity contribution in [3.63, 3.8) is 0 Å². The lowest BCUT2D eigenvalue weighted by Gasteiger charge is -2.28. The van der Waals surface area contributed by atoms with Crippen LogP contribution in [0.15, 0.2) is 4.99 Å². The van der Waals surface area contributed by atoms with E-state index in [2.05, 4.69) is 22.1 Å². The molecule has 1 rings (SSSR count). The fraction of sp³-hybridized carbons (Fsp3) is 0.889. The molecular formula is C9H19N3O. The fourth-order valence-electron chi connectivity index (χ4n) is 1.36. The summed E-state index contributed by atoms with van der Waals surface area (Å²) in [4.78, 5) is 6.50. The second kappa shape index (κ2) is 5.07. The monoisotopic (exact) mass is 185 g/mol. The molecule has 1 aliphatic heterocycles. The molecule has 1 atom stereocenters. The number of nitrogens with zero attached hydrogens (tertiary/aromatic N) is 2. The maximum atomic E-state index is 8.74. The van der Waals surface area contributed by atoms with E-state index in [0.29, 0.717) is 6.04 Å². The largest absolute Gasteiger partial charge is 0.396 e. The van der Waals surface area contributed by atoms with Crippen molar-refractivity contribution >= 4 is 5.96 Å². The first kappa shape index (κ1) is 10.3. The molecule has 0 radical (unpaired) electrons. The lowest BCUT2D eigenvalue weighted by Crippen LogP contribution is -2.45. The summed E-state index contributed by atoms with van der Waals surface area (Å²) in [7, 11) is 2.04. The van der Waals surface area contributed by atoms with Gasteiger partial charge in [0.25, 0.3) is 0 Å². The van der Waals surface area contributed by atoms with E-state index in [1.165, 1.54) is 0 Å². The quantitative estimate of drug-likeness (QED) is 0.652. The highest BCUT2D eigenvalue weighted by atomic mass is 16.3. The van der Waals surface area contributed by atoms with Crippen LogP contribution in [0.3, 0.4) is 0 Å². The minimum Gasteiger partial charge on any atom is -0.396 e. The number of hydrogen-bond acceptors (Lipinski definition) is 4. The van der Waals surface area contributed by atoms with Gasteiger partial charge in [-0.3, -0.25) is 4.99 Å². The summed E-state index contributed by atoms with van der Waals surface area (Å²) in [5.41, 5.74) is 0. The molecule has 0 spiro atoms.